The van der Waals surface area contributed by atoms with Gasteiger partial charge in [0.25, 0.3) is 0 Å². The third kappa shape index (κ3) is 17.6. The summed E-state index contributed by atoms with van der Waals surface area (Å²) in [6, 6.07) is 61.4. The second kappa shape index (κ2) is 35.6. The summed E-state index contributed by atoms with van der Waals surface area (Å²) in [5.74, 6) is -4.68. The molecular formula is C85H84Cl2N4O21. The van der Waals surface area contributed by atoms with Crippen molar-refractivity contribution in [2.24, 2.45) is 34.5 Å². The molecule has 4 fully saturated rings. The molecule has 0 saturated heterocycles. The first-order valence-corrected chi connectivity index (χ1v) is 36.7. The first kappa shape index (κ1) is 81.4. The van der Waals surface area contributed by atoms with Crippen LogP contribution in [-0.2, 0) is 101 Å². The number of benzene rings is 9. The fraction of sp³-hybridized carbons (Fsp3) is 0.294. The molecule has 112 heavy (non-hydrogen) atoms. The highest BCUT2D eigenvalue weighted by Gasteiger charge is 2.68. The van der Waals surface area contributed by atoms with Gasteiger partial charge in [-0.05, 0) is 162 Å². The van der Waals surface area contributed by atoms with Crippen LogP contribution in [0, 0.1) is 34.5 Å². The highest BCUT2D eigenvalue weighted by atomic mass is 35.5. The number of carbonyl (C=O) groups is 8. The number of phenolic OH excluding ortho intramolecular Hbond substituents is 2. The molecule has 9 aromatic carbocycles. The topological polar surface area (TPSA) is 371 Å². The van der Waals surface area contributed by atoms with Gasteiger partial charge >= 0.3 is 23.9 Å². The van der Waals surface area contributed by atoms with E-state index in [2.05, 4.69) is 18.2 Å². The van der Waals surface area contributed by atoms with Gasteiger partial charge in [-0.1, -0.05) is 169 Å². The molecule has 1 unspecified atom stereocenters. The van der Waals surface area contributed by atoms with Gasteiger partial charge in [0.15, 0.2) is 0 Å². The van der Waals surface area contributed by atoms with Crippen LogP contribution in [0.15, 0.2) is 200 Å². The van der Waals surface area contributed by atoms with E-state index in [1.807, 2.05) is 91.0 Å². The van der Waals surface area contributed by atoms with E-state index in [0.717, 1.165) is 67.5 Å². The van der Waals surface area contributed by atoms with E-state index < -0.39 is 92.8 Å². The summed E-state index contributed by atoms with van der Waals surface area (Å²) in [5.41, 5.74) is 10.7. The molecule has 4 aliphatic carbocycles. The molecule has 584 valence electrons. The van der Waals surface area contributed by atoms with Crippen molar-refractivity contribution < 1.29 is 103 Å². The largest absolute Gasteiger partial charge is 0.508 e. The summed E-state index contributed by atoms with van der Waals surface area (Å²) in [6.07, 6.45) is 3.01. The van der Waals surface area contributed by atoms with Crippen molar-refractivity contribution in [3.8, 4) is 28.7 Å². The molecule has 9 aromatic rings. The van der Waals surface area contributed by atoms with Gasteiger partial charge in [0.05, 0.1) is 79.1 Å². The predicted molar refractivity (Wildman–Crippen MR) is 406 cm³/mol. The number of nitrogens with one attached hydrogen (secondary N) is 4. The SMILES string of the molecule is CCOC(=O)[C@@]1(Cc2ccc(O)c(C3CCOc4ccccc43)c2)C[C@@H]1C(=O)NO.COC(=O)[C@@]1(Cc2ccc(O)c(Cc3cccc4ccccc34)c2)C[C@@H]1C(=O)NO.COC(=O)[C@@]1(c2cccc(OCc3ccccc3)c2)C[C@@H]1C(=O)NO.COC(=O)[C@]1(c2cccc(OCc3ccc(Cl)c(Cl)c3)c2)C[C@H]1C(=O)NO. The van der Waals surface area contributed by atoms with Crippen molar-refractivity contribution >= 4 is 81.5 Å². The van der Waals surface area contributed by atoms with Crippen molar-refractivity contribution in [1.82, 2.24) is 21.9 Å². The average Bonchev–Trinajstić information content (AvgIpc) is 1.56. The van der Waals surface area contributed by atoms with Crippen LogP contribution in [0.2, 0.25) is 10.0 Å². The number of hydrogen-bond acceptors (Lipinski definition) is 21. The van der Waals surface area contributed by atoms with Crippen molar-refractivity contribution in [3.05, 3.63) is 266 Å². The van der Waals surface area contributed by atoms with Gasteiger partial charge in [0.1, 0.15) is 52.8 Å². The van der Waals surface area contributed by atoms with Crippen LogP contribution >= 0.6 is 23.2 Å². The van der Waals surface area contributed by atoms with Gasteiger partial charge in [-0.15, -0.1) is 0 Å². The normalized spacial score (nSPS) is 21.6. The number of fused-ring (bicyclic) bond motifs is 2. The van der Waals surface area contributed by atoms with Gasteiger partial charge in [-0.2, -0.15) is 0 Å². The second-order valence-electron chi connectivity index (χ2n) is 28.0. The molecule has 4 saturated carbocycles. The molecule has 4 amide bonds. The fourth-order valence-corrected chi connectivity index (χ4v) is 15.4. The van der Waals surface area contributed by atoms with Crippen LogP contribution in [0.3, 0.4) is 0 Å². The zero-order valence-electron chi connectivity index (χ0n) is 61.5. The number of esters is 4. The number of carbonyl (C=O) groups excluding carboxylic acids is 8. The molecule has 14 rings (SSSR count). The van der Waals surface area contributed by atoms with Gasteiger partial charge in [0, 0.05) is 23.5 Å². The summed E-state index contributed by atoms with van der Waals surface area (Å²) in [4.78, 5) is 97.1. The Bertz CT molecular complexity index is 4990. The number of para-hydroxylation sites is 1. The Balaban J connectivity index is 0.000000148. The van der Waals surface area contributed by atoms with E-state index in [1.165, 1.54) is 21.3 Å². The molecule has 5 aliphatic rings. The Morgan fingerprint density at radius 1 is 0.455 bits per heavy atom. The number of phenols is 2. The lowest BCUT2D eigenvalue weighted by molar-refractivity contribution is -0.152. The Morgan fingerprint density at radius 3 is 1.53 bits per heavy atom. The third-order valence-electron chi connectivity index (χ3n) is 21.4. The molecule has 0 radical (unpaired) electrons. The Morgan fingerprint density at radius 2 is 0.955 bits per heavy atom. The lowest BCUT2D eigenvalue weighted by Gasteiger charge is -2.27. The maximum atomic E-state index is 12.6. The molecule has 25 nitrogen and oxygen atoms in total. The van der Waals surface area contributed by atoms with Crippen molar-refractivity contribution in [3.63, 3.8) is 0 Å². The molecule has 9 atom stereocenters. The quantitative estimate of drug-likeness (QED) is 0.0116. The minimum absolute atomic E-state index is 0.0239. The molecule has 0 bridgehead atoms. The summed E-state index contributed by atoms with van der Waals surface area (Å²) in [5, 5.41) is 59.9. The Hall–Kier alpha value is -11.6. The number of halogens is 2. The zero-order chi connectivity index (χ0) is 80.1. The van der Waals surface area contributed by atoms with Crippen molar-refractivity contribution in [2.45, 2.75) is 88.3 Å². The monoisotopic (exact) mass is 1570 g/mol. The molecule has 0 aromatic heterocycles. The standard InChI is InChI=1S/C24H23NO5.C23H25NO6.C19H17Cl2NO5.C19H19NO5/c1-30-23(28)24(14-20(24)22(27)25-29)13-15-9-10-21(26)18(11-15)12-17-7-4-6-16-5-2-3-8-19(16)17;1-2-29-22(27)23(13-18(23)21(26)24-28)12-14-7-8-19(25)17(11-14)15-9-10-30-20-6-4-3-5-16(15)20;1-26-18(24)19(9-14(19)17(23)22-25)12-3-2-4-13(8-12)27-10-11-5-6-15(20)16(21)7-11;1-24-18(22)19(11-16(19)17(21)20-23)14-8-5-9-15(10-14)25-12-13-6-3-2-4-7-13/h2-11,20,26,29H,12-14H2,1H3,(H,25,27);3-8,11,15,18,25,28H,2,9-10,12-13H2,1H3,(H,24,26);2-8,14,25H,9-10H2,1H3,(H,22,23);2-10,16,23H,11-12H2,1H3,(H,20,21)/t20-,24+;15?,18-,23+;14-,19-;16-,19-/m1101/s1. The van der Waals surface area contributed by atoms with Gasteiger partial charge < -0.3 is 43.4 Å². The number of amides is 4. The molecule has 0 spiro atoms. The Labute approximate surface area is 654 Å². The lowest BCUT2D eigenvalue weighted by Crippen LogP contribution is -2.31. The van der Waals surface area contributed by atoms with Gasteiger partial charge in [-0.3, -0.25) is 59.2 Å². The van der Waals surface area contributed by atoms with Crippen LogP contribution in [0.5, 0.6) is 28.7 Å². The number of ether oxygens (including phenoxy) is 7. The van der Waals surface area contributed by atoms with E-state index >= 15 is 0 Å². The van der Waals surface area contributed by atoms with Crippen molar-refractivity contribution in [2.75, 3.05) is 34.5 Å². The van der Waals surface area contributed by atoms with E-state index in [-0.39, 0.29) is 43.5 Å². The van der Waals surface area contributed by atoms with E-state index in [9.17, 15) is 48.6 Å². The first-order valence-electron chi connectivity index (χ1n) is 36.0. The Kier molecular flexibility index (Phi) is 25.9. The number of rotatable bonds is 24. The number of hydroxylamine groups is 4. The lowest BCUT2D eigenvalue weighted by atomic mass is 9.84. The van der Waals surface area contributed by atoms with Gasteiger partial charge in [-0.25, -0.2) is 21.9 Å². The number of hydrogen-bond donors (Lipinski definition) is 10. The van der Waals surface area contributed by atoms with Crippen LogP contribution in [0.25, 0.3) is 10.8 Å². The van der Waals surface area contributed by atoms with Gasteiger partial charge in [0.2, 0.25) is 23.6 Å². The van der Waals surface area contributed by atoms with Crippen LogP contribution < -0.4 is 36.1 Å². The van der Waals surface area contributed by atoms with Crippen LogP contribution in [0.4, 0.5) is 0 Å². The number of aromatic hydroxyl groups is 2. The first-order chi connectivity index (χ1) is 54.0. The molecule has 1 heterocycles. The predicted octanol–water partition coefficient (Wildman–Crippen LogP) is 12.0. The number of methoxy groups -OCH3 is 3. The fourth-order valence-electron chi connectivity index (χ4n) is 15.1. The summed E-state index contributed by atoms with van der Waals surface area (Å²) >= 11 is 11.9. The zero-order valence-corrected chi connectivity index (χ0v) is 63.0. The van der Waals surface area contributed by atoms with Crippen LogP contribution in [-0.4, -0.2) is 113 Å². The maximum absolute atomic E-state index is 12.6. The van der Waals surface area contributed by atoms with Crippen LogP contribution in [0.1, 0.15) is 101 Å². The van der Waals surface area contributed by atoms with E-state index in [1.54, 1.807) is 120 Å². The molecule has 1 aliphatic heterocycles. The van der Waals surface area contributed by atoms with Crippen molar-refractivity contribution in [1.29, 1.82) is 0 Å². The second-order valence-corrected chi connectivity index (χ2v) is 28.8. The smallest absolute Gasteiger partial charge is 0.317 e. The van der Waals surface area contributed by atoms with E-state index in [4.69, 9.17) is 77.2 Å². The highest BCUT2D eigenvalue weighted by molar-refractivity contribution is 6.42. The molecule has 10 N–H and O–H groups in total. The third-order valence-corrected chi connectivity index (χ3v) is 22.1. The maximum Gasteiger partial charge on any atom is 0.317 e. The molecular weight excluding hydrogens is 1480 g/mol. The average molecular weight is 1570 g/mol. The minimum atomic E-state index is -1.12. The highest BCUT2D eigenvalue weighted by Crippen LogP contribution is 2.59. The summed E-state index contributed by atoms with van der Waals surface area (Å²) < 4.78 is 37.2. The summed E-state index contributed by atoms with van der Waals surface area (Å²) in [6.45, 7) is 3.14. The minimum Gasteiger partial charge on any atom is -0.508 e. The summed E-state index contributed by atoms with van der Waals surface area (Å²) in [7, 11) is 3.84. The molecule has 27 heteroatoms. The van der Waals surface area contributed by atoms with E-state index in [0.29, 0.717) is 78.0 Å².